The number of hydrogen-bond acceptors (Lipinski definition) is 2. The van der Waals surface area contributed by atoms with Crippen molar-refractivity contribution in [1.82, 2.24) is 10.6 Å². The number of halogens is 3. The number of hydrogen-bond donors (Lipinski definition) is 2. The van der Waals surface area contributed by atoms with Crippen LogP contribution in [0.15, 0.2) is 27.8 Å². The van der Waals surface area contributed by atoms with E-state index in [1.165, 1.54) is 0 Å². The highest BCUT2D eigenvalue weighted by Crippen LogP contribution is 2.21. The fourth-order valence-electron chi connectivity index (χ4n) is 1.64. The highest BCUT2D eigenvalue weighted by atomic mass is 19.4. The zero-order valence-electron chi connectivity index (χ0n) is 11.5. The summed E-state index contributed by atoms with van der Waals surface area (Å²) in [5.74, 6) is 1.46. The monoisotopic (exact) mass is 291 g/mol. The molecule has 20 heavy (non-hydrogen) atoms. The van der Waals surface area contributed by atoms with Crippen molar-refractivity contribution in [2.45, 2.75) is 31.9 Å². The van der Waals surface area contributed by atoms with Gasteiger partial charge in [0.25, 0.3) is 0 Å². The molecule has 1 aromatic rings. The maximum absolute atomic E-state index is 11.9. The minimum atomic E-state index is -4.07. The molecule has 0 aliphatic carbocycles. The number of rotatable bonds is 7. The van der Waals surface area contributed by atoms with Gasteiger partial charge in [-0.3, -0.25) is 4.99 Å². The number of nitrogens with zero attached hydrogens (tertiary/aromatic N) is 1. The van der Waals surface area contributed by atoms with Gasteiger partial charge >= 0.3 is 6.18 Å². The Kier molecular flexibility index (Phi) is 6.97. The largest absolute Gasteiger partial charge is 0.469 e. The molecule has 1 heterocycles. The smallest absolute Gasteiger partial charge is 0.389 e. The summed E-state index contributed by atoms with van der Waals surface area (Å²) in [5.41, 5.74) is 0. The van der Waals surface area contributed by atoms with Crippen LogP contribution in [0.2, 0.25) is 0 Å². The summed E-state index contributed by atoms with van der Waals surface area (Å²) in [6.07, 6.45) is -1.88. The van der Waals surface area contributed by atoms with Gasteiger partial charge in [-0.2, -0.15) is 13.2 Å². The molecular formula is C13H20F3N3O. The van der Waals surface area contributed by atoms with E-state index in [1.54, 1.807) is 13.3 Å². The average molecular weight is 291 g/mol. The second-order valence-electron chi connectivity index (χ2n) is 4.33. The van der Waals surface area contributed by atoms with Crippen molar-refractivity contribution in [2.75, 3.05) is 20.1 Å². The first-order chi connectivity index (χ1) is 9.51. The Hall–Kier alpha value is -1.66. The van der Waals surface area contributed by atoms with E-state index >= 15 is 0 Å². The minimum Gasteiger partial charge on any atom is -0.469 e. The van der Waals surface area contributed by atoms with Gasteiger partial charge in [0.2, 0.25) is 0 Å². The van der Waals surface area contributed by atoms with E-state index in [0.29, 0.717) is 25.5 Å². The maximum atomic E-state index is 11.9. The quantitative estimate of drug-likeness (QED) is 0.461. The van der Waals surface area contributed by atoms with Crippen LogP contribution in [0.1, 0.15) is 25.0 Å². The molecule has 0 aliphatic rings. The van der Waals surface area contributed by atoms with Gasteiger partial charge in [0.05, 0.1) is 6.26 Å². The molecule has 0 aliphatic heterocycles. The van der Waals surface area contributed by atoms with Gasteiger partial charge in [-0.25, -0.2) is 0 Å². The Morgan fingerprint density at radius 2 is 2.00 bits per heavy atom. The van der Waals surface area contributed by atoms with E-state index in [4.69, 9.17) is 4.42 Å². The zero-order chi connectivity index (χ0) is 14.8. The van der Waals surface area contributed by atoms with Crippen molar-refractivity contribution in [1.29, 1.82) is 0 Å². The Labute approximate surface area is 116 Å². The number of nitrogens with one attached hydrogen (secondary N) is 2. The van der Waals surface area contributed by atoms with Gasteiger partial charge in [0.1, 0.15) is 5.76 Å². The third-order valence-corrected chi connectivity index (χ3v) is 2.65. The summed E-state index contributed by atoms with van der Waals surface area (Å²) in [7, 11) is 1.62. The lowest BCUT2D eigenvalue weighted by Crippen LogP contribution is -2.38. The summed E-state index contributed by atoms with van der Waals surface area (Å²) in [4.78, 5) is 3.99. The van der Waals surface area contributed by atoms with Crippen LogP contribution in [0.4, 0.5) is 13.2 Å². The summed E-state index contributed by atoms with van der Waals surface area (Å²) >= 11 is 0. The van der Waals surface area contributed by atoms with Crippen LogP contribution in [0.5, 0.6) is 0 Å². The van der Waals surface area contributed by atoms with Crippen molar-refractivity contribution in [3.63, 3.8) is 0 Å². The lowest BCUT2D eigenvalue weighted by Gasteiger charge is -2.11. The van der Waals surface area contributed by atoms with E-state index in [9.17, 15) is 13.2 Å². The van der Waals surface area contributed by atoms with Crippen molar-refractivity contribution in [3.8, 4) is 0 Å². The molecule has 114 valence electrons. The summed E-state index contributed by atoms with van der Waals surface area (Å²) in [6, 6.07) is 3.71. The first-order valence-electron chi connectivity index (χ1n) is 6.55. The molecule has 0 radical (unpaired) electrons. The molecule has 0 saturated carbocycles. The van der Waals surface area contributed by atoms with Gasteiger partial charge < -0.3 is 15.1 Å². The maximum Gasteiger partial charge on any atom is 0.389 e. The third kappa shape index (κ3) is 7.70. The predicted octanol–water partition coefficient (Wildman–Crippen LogP) is 2.72. The van der Waals surface area contributed by atoms with E-state index in [-0.39, 0.29) is 6.42 Å². The number of unbranched alkanes of at least 4 members (excludes halogenated alkanes) is 1. The molecule has 0 saturated heterocycles. The minimum absolute atomic E-state index is 0.125. The van der Waals surface area contributed by atoms with E-state index in [0.717, 1.165) is 12.2 Å². The first-order valence-corrected chi connectivity index (χ1v) is 6.55. The normalized spacial score (nSPS) is 12.5. The van der Waals surface area contributed by atoms with Crippen LogP contribution in [0.3, 0.4) is 0 Å². The lowest BCUT2D eigenvalue weighted by atomic mass is 10.2. The van der Waals surface area contributed by atoms with Gasteiger partial charge in [0, 0.05) is 33.0 Å². The molecule has 4 nitrogen and oxygen atoms in total. The van der Waals surface area contributed by atoms with Gasteiger partial charge in [-0.05, 0) is 25.0 Å². The van der Waals surface area contributed by atoms with Gasteiger partial charge in [-0.15, -0.1) is 0 Å². The van der Waals surface area contributed by atoms with Crippen molar-refractivity contribution < 1.29 is 17.6 Å². The SMILES string of the molecule is CN=C(NCCCCC(F)(F)F)NCCc1ccco1. The van der Waals surface area contributed by atoms with Crippen LogP contribution in [0.25, 0.3) is 0 Å². The van der Waals surface area contributed by atoms with E-state index < -0.39 is 12.6 Å². The summed E-state index contributed by atoms with van der Waals surface area (Å²) in [5, 5.41) is 6.05. The number of furan rings is 1. The molecule has 0 spiro atoms. The fraction of sp³-hybridized carbons (Fsp3) is 0.615. The van der Waals surface area contributed by atoms with Crippen LogP contribution >= 0.6 is 0 Å². The molecule has 0 bridgehead atoms. The summed E-state index contributed by atoms with van der Waals surface area (Å²) < 4.78 is 41.0. The van der Waals surface area contributed by atoms with Crippen molar-refractivity contribution in [2.24, 2.45) is 4.99 Å². The Morgan fingerprint density at radius 1 is 1.25 bits per heavy atom. The van der Waals surface area contributed by atoms with Gasteiger partial charge in [-0.1, -0.05) is 0 Å². The molecule has 1 rings (SSSR count). The van der Waals surface area contributed by atoms with Gasteiger partial charge in [0.15, 0.2) is 5.96 Å². The molecular weight excluding hydrogens is 271 g/mol. The highest BCUT2D eigenvalue weighted by Gasteiger charge is 2.25. The number of alkyl halides is 3. The second kappa shape index (κ2) is 8.50. The molecule has 0 fully saturated rings. The first kappa shape index (κ1) is 16.4. The zero-order valence-corrected chi connectivity index (χ0v) is 11.5. The van der Waals surface area contributed by atoms with E-state index in [2.05, 4.69) is 15.6 Å². The Balaban J connectivity index is 2.08. The third-order valence-electron chi connectivity index (χ3n) is 2.65. The van der Waals surface area contributed by atoms with Crippen LogP contribution in [-0.4, -0.2) is 32.3 Å². The predicted molar refractivity (Wildman–Crippen MR) is 71.7 cm³/mol. The topological polar surface area (TPSA) is 49.6 Å². The average Bonchev–Trinajstić information content (AvgIpc) is 2.88. The summed E-state index contributed by atoms with van der Waals surface area (Å²) in [6.45, 7) is 1.12. The van der Waals surface area contributed by atoms with Crippen molar-refractivity contribution in [3.05, 3.63) is 24.2 Å². The van der Waals surface area contributed by atoms with Crippen molar-refractivity contribution >= 4 is 5.96 Å². The fourth-order valence-corrected chi connectivity index (χ4v) is 1.64. The lowest BCUT2D eigenvalue weighted by molar-refractivity contribution is -0.135. The molecule has 1 aromatic heterocycles. The number of guanidine groups is 1. The molecule has 2 N–H and O–H groups in total. The molecule has 0 atom stereocenters. The number of aliphatic imine (C=N–C) groups is 1. The van der Waals surface area contributed by atoms with Crippen LogP contribution in [-0.2, 0) is 6.42 Å². The molecule has 7 heteroatoms. The second-order valence-corrected chi connectivity index (χ2v) is 4.33. The van der Waals surface area contributed by atoms with Crippen LogP contribution < -0.4 is 10.6 Å². The standard InChI is InChI=1S/C13H20F3N3O/c1-17-12(18-8-3-2-7-13(14,15)16)19-9-6-11-5-4-10-20-11/h4-5,10H,2-3,6-9H2,1H3,(H2,17,18,19). The van der Waals surface area contributed by atoms with E-state index in [1.807, 2.05) is 12.1 Å². The molecule has 0 aromatic carbocycles. The highest BCUT2D eigenvalue weighted by molar-refractivity contribution is 5.79. The van der Waals surface area contributed by atoms with Crippen LogP contribution in [0, 0.1) is 0 Å². The Bertz CT molecular complexity index is 388. The molecule has 0 unspecified atom stereocenters. The molecule has 0 amide bonds. The Morgan fingerprint density at radius 3 is 2.60 bits per heavy atom.